The van der Waals surface area contributed by atoms with Gasteiger partial charge in [-0.2, -0.15) is 0 Å². The summed E-state index contributed by atoms with van der Waals surface area (Å²) >= 11 is 5.97. The van der Waals surface area contributed by atoms with Crippen LogP contribution in [0.25, 0.3) is 17.2 Å². The summed E-state index contributed by atoms with van der Waals surface area (Å²) in [7, 11) is 0. The van der Waals surface area contributed by atoms with E-state index in [0.717, 1.165) is 23.0 Å². The normalized spacial score (nSPS) is 10.8. The quantitative estimate of drug-likeness (QED) is 0.401. The summed E-state index contributed by atoms with van der Waals surface area (Å²) in [5, 5.41) is 9.29. The summed E-state index contributed by atoms with van der Waals surface area (Å²) in [6.45, 7) is 0.672. The van der Waals surface area contributed by atoms with Crippen molar-refractivity contribution in [2.75, 3.05) is 13.2 Å². The van der Waals surface area contributed by atoms with Gasteiger partial charge >= 0.3 is 5.97 Å². The fourth-order valence-corrected chi connectivity index (χ4v) is 2.81. The lowest BCUT2D eigenvalue weighted by Crippen LogP contribution is -2.09. The number of carboxylic acid groups (broad SMARTS) is 1. The first-order valence-corrected chi connectivity index (χ1v) is 9.11. The lowest BCUT2D eigenvalue weighted by molar-refractivity contribution is -0.131. The minimum absolute atomic E-state index is 0.315. The molecule has 4 nitrogen and oxygen atoms in total. The summed E-state index contributed by atoms with van der Waals surface area (Å²) in [5.74, 6) is 0.267. The van der Waals surface area contributed by atoms with E-state index in [-0.39, 0.29) is 0 Å². The number of carbonyl (C=O) groups is 1. The first-order valence-electron chi connectivity index (χ1n) is 8.73. The van der Waals surface area contributed by atoms with Gasteiger partial charge in [0.1, 0.15) is 24.7 Å². The SMILES string of the molecule is O=C(O)C=Cc1cc(Cl)ccc1OCCOc1ccc(-c2ccccc2)cc1. The fourth-order valence-electron chi connectivity index (χ4n) is 2.63. The highest BCUT2D eigenvalue weighted by atomic mass is 35.5. The van der Waals surface area contributed by atoms with Gasteiger partial charge in [-0.05, 0) is 47.5 Å². The van der Waals surface area contributed by atoms with Crippen LogP contribution in [-0.4, -0.2) is 24.3 Å². The average Bonchev–Trinajstić information content (AvgIpc) is 2.72. The van der Waals surface area contributed by atoms with E-state index in [1.165, 1.54) is 6.08 Å². The third-order valence-corrected chi connectivity index (χ3v) is 4.18. The third-order valence-electron chi connectivity index (χ3n) is 3.95. The Labute approximate surface area is 168 Å². The Morgan fingerprint density at radius 3 is 2.29 bits per heavy atom. The van der Waals surface area contributed by atoms with Crippen molar-refractivity contribution in [2.24, 2.45) is 0 Å². The monoisotopic (exact) mass is 394 g/mol. The Morgan fingerprint density at radius 2 is 1.57 bits per heavy atom. The molecular formula is C23H19ClO4. The number of hydrogen-bond donors (Lipinski definition) is 1. The maximum absolute atomic E-state index is 10.7. The number of hydrogen-bond acceptors (Lipinski definition) is 3. The van der Waals surface area contributed by atoms with Crippen LogP contribution in [0.1, 0.15) is 5.56 Å². The first kappa shape index (κ1) is 19.5. The largest absolute Gasteiger partial charge is 0.490 e. The van der Waals surface area contributed by atoms with E-state index in [9.17, 15) is 4.79 Å². The van der Waals surface area contributed by atoms with Gasteiger partial charge in [-0.1, -0.05) is 54.1 Å². The maximum atomic E-state index is 10.7. The zero-order valence-corrected chi connectivity index (χ0v) is 15.8. The Kier molecular flexibility index (Phi) is 6.71. The molecule has 3 aromatic carbocycles. The Morgan fingerprint density at radius 1 is 0.893 bits per heavy atom. The van der Waals surface area contributed by atoms with Crippen LogP contribution in [0.15, 0.2) is 78.9 Å². The van der Waals surface area contributed by atoms with Crippen molar-refractivity contribution in [1.82, 2.24) is 0 Å². The van der Waals surface area contributed by atoms with Gasteiger partial charge in [0.25, 0.3) is 0 Å². The molecule has 3 aromatic rings. The molecule has 0 spiro atoms. The van der Waals surface area contributed by atoms with E-state index < -0.39 is 5.97 Å². The molecule has 0 aliphatic rings. The van der Waals surface area contributed by atoms with Gasteiger partial charge in [0.15, 0.2) is 0 Å². The van der Waals surface area contributed by atoms with E-state index in [1.54, 1.807) is 18.2 Å². The van der Waals surface area contributed by atoms with Gasteiger partial charge in [-0.15, -0.1) is 0 Å². The number of carboxylic acids is 1. The summed E-state index contributed by atoms with van der Waals surface area (Å²) in [6.07, 6.45) is 2.50. The van der Waals surface area contributed by atoms with E-state index in [2.05, 4.69) is 12.1 Å². The van der Waals surface area contributed by atoms with Crippen molar-refractivity contribution < 1.29 is 19.4 Å². The zero-order chi connectivity index (χ0) is 19.8. The summed E-state index contributed by atoms with van der Waals surface area (Å²) in [4.78, 5) is 10.7. The van der Waals surface area contributed by atoms with Crippen LogP contribution in [-0.2, 0) is 4.79 Å². The van der Waals surface area contributed by atoms with Gasteiger partial charge < -0.3 is 14.6 Å². The molecule has 0 aromatic heterocycles. The Hall–Kier alpha value is -3.24. The number of aliphatic carboxylic acids is 1. The molecular weight excluding hydrogens is 376 g/mol. The van der Waals surface area contributed by atoms with E-state index >= 15 is 0 Å². The molecule has 5 heteroatoms. The van der Waals surface area contributed by atoms with Gasteiger partial charge in [-0.3, -0.25) is 0 Å². The third kappa shape index (κ3) is 5.63. The highest BCUT2D eigenvalue weighted by Crippen LogP contribution is 2.25. The van der Waals surface area contributed by atoms with Gasteiger partial charge in [0.05, 0.1) is 0 Å². The Balaban J connectivity index is 1.54. The van der Waals surface area contributed by atoms with E-state index in [0.29, 0.717) is 29.5 Å². The van der Waals surface area contributed by atoms with Crippen LogP contribution in [0.3, 0.4) is 0 Å². The number of ether oxygens (including phenoxy) is 2. The molecule has 0 aliphatic carbocycles. The van der Waals surface area contributed by atoms with Gasteiger partial charge in [0.2, 0.25) is 0 Å². The standard InChI is InChI=1S/C23H19ClO4/c24-20-9-12-22(19(16-20)8-13-23(25)26)28-15-14-27-21-10-6-18(7-11-21)17-4-2-1-3-5-17/h1-13,16H,14-15H2,(H,25,26). The molecule has 0 amide bonds. The predicted octanol–water partition coefficient (Wildman–Crippen LogP) is 5.56. The fraction of sp³-hybridized carbons (Fsp3) is 0.0870. The molecule has 1 N–H and O–H groups in total. The highest BCUT2D eigenvalue weighted by molar-refractivity contribution is 6.30. The molecule has 0 saturated heterocycles. The van der Waals surface area contributed by atoms with Crippen molar-refractivity contribution in [2.45, 2.75) is 0 Å². The smallest absolute Gasteiger partial charge is 0.328 e. The van der Waals surface area contributed by atoms with Gasteiger partial charge in [0, 0.05) is 16.7 Å². The van der Waals surface area contributed by atoms with Crippen molar-refractivity contribution >= 4 is 23.6 Å². The minimum atomic E-state index is -1.03. The number of rotatable bonds is 8. The van der Waals surface area contributed by atoms with Gasteiger partial charge in [-0.25, -0.2) is 4.79 Å². The molecule has 0 bridgehead atoms. The molecule has 142 valence electrons. The van der Waals surface area contributed by atoms with Crippen LogP contribution in [0, 0.1) is 0 Å². The lowest BCUT2D eigenvalue weighted by Gasteiger charge is -2.11. The summed E-state index contributed by atoms with van der Waals surface area (Å²) < 4.78 is 11.4. The van der Waals surface area contributed by atoms with Crippen molar-refractivity contribution in [3.05, 3.63) is 89.5 Å². The molecule has 3 rings (SSSR count). The maximum Gasteiger partial charge on any atom is 0.328 e. The predicted molar refractivity (Wildman–Crippen MR) is 111 cm³/mol. The molecule has 28 heavy (non-hydrogen) atoms. The van der Waals surface area contributed by atoms with E-state index in [4.69, 9.17) is 26.2 Å². The Bertz CT molecular complexity index is 950. The van der Waals surface area contributed by atoms with Crippen LogP contribution < -0.4 is 9.47 Å². The first-order chi connectivity index (χ1) is 13.6. The molecule has 0 saturated carbocycles. The van der Waals surface area contributed by atoms with Crippen molar-refractivity contribution in [3.8, 4) is 22.6 Å². The molecule has 0 atom stereocenters. The van der Waals surface area contributed by atoms with Crippen LogP contribution in [0.2, 0.25) is 5.02 Å². The molecule has 0 aliphatic heterocycles. The van der Waals surface area contributed by atoms with Crippen LogP contribution in [0.5, 0.6) is 11.5 Å². The topological polar surface area (TPSA) is 55.8 Å². The number of benzene rings is 3. The van der Waals surface area contributed by atoms with Crippen LogP contribution in [0.4, 0.5) is 0 Å². The zero-order valence-electron chi connectivity index (χ0n) is 15.0. The summed E-state index contributed by atoms with van der Waals surface area (Å²) in [6, 6.07) is 23.1. The second-order valence-corrected chi connectivity index (χ2v) is 6.38. The lowest BCUT2D eigenvalue weighted by atomic mass is 10.1. The van der Waals surface area contributed by atoms with Crippen molar-refractivity contribution in [3.63, 3.8) is 0 Å². The van der Waals surface area contributed by atoms with Crippen molar-refractivity contribution in [1.29, 1.82) is 0 Å². The molecule has 0 unspecified atom stereocenters. The number of halogens is 1. The summed E-state index contributed by atoms with van der Waals surface area (Å²) in [5.41, 5.74) is 2.88. The molecule has 0 fully saturated rings. The van der Waals surface area contributed by atoms with E-state index in [1.807, 2.05) is 42.5 Å². The second-order valence-electron chi connectivity index (χ2n) is 5.94. The average molecular weight is 395 g/mol. The second kappa shape index (κ2) is 9.62. The highest BCUT2D eigenvalue weighted by Gasteiger charge is 2.04. The van der Waals surface area contributed by atoms with Crippen LogP contribution >= 0.6 is 11.6 Å². The molecule has 0 radical (unpaired) electrons. The molecule has 0 heterocycles. The minimum Gasteiger partial charge on any atom is -0.490 e.